The summed E-state index contributed by atoms with van der Waals surface area (Å²) in [4.78, 5) is 24.9. The van der Waals surface area contributed by atoms with Crippen LogP contribution in [0.3, 0.4) is 0 Å². The number of nitrogens with zero attached hydrogens (tertiary/aromatic N) is 1. The van der Waals surface area contributed by atoms with Gasteiger partial charge in [0.2, 0.25) is 0 Å². The maximum absolute atomic E-state index is 12.7. The number of hydrogen-bond acceptors (Lipinski definition) is 4. The molecular formula is C22H20N2O4. The van der Waals surface area contributed by atoms with Crippen molar-refractivity contribution in [2.45, 2.75) is 19.1 Å². The summed E-state index contributed by atoms with van der Waals surface area (Å²) in [5.41, 5.74) is 1.63. The lowest BCUT2D eigenvalue weighted by Crippen LogP contribution is -2.41. The first-order valence-electron chi connectivity index (χ1n) is 8.85. The van der Waals surface area contributed by atoms with Gasteiger partial charge in [-0.15, -0.1) is 0 Å². The third-order valence-electron chi connectivity index (χ3n) is 4.24. The van der Waals surface area contributed by atoms with E-state index in [0.717, 1.165) is 11.1 Å². The zero-order chi connectivity index (χ0) is 19.9. The van der Waals surface area contributed by atoms with Crippen LogP contribution >= 0.6 is 0 Å². The fourth-order valence-electron chi connectivity index (χ4n) is 2.77. The molecule has 0 bridgehead atoms. The van der Waals surface area contributed by atoms with E-state index in [1.807, 2.05) is 60.7 Å². The number of nitrogens with one attached hydrogen (secondary N) is 1. The molecule has 0 radical (unpaired) electrons. The van der Waals surface area contributed by atoms with Crippen molar-refractivity contribution in [1.82, 2.24) is 5.32 Å². The number of amides is 1. The highest BCUT2D eigenvalue weighted by molar-refractivity contribution is 5.89. The minimum absolute atomic E-state index is 0.176. The van der Waals surface area contributed by atoms with E-state index >= 15 is 0 Å². The summed E-state index contributed by atoms with van der Waals surface area (Å²) in [5, 5.41) is 14.6. The average Bonchev–Trinajstić information content (AvgIpc) is 2.73. The van der Waals surface area contributed by atoms with Gasteiger partial charge in [-0.3, -0.25) is 4.79 Å². The van der Waals surface area contributed by atoms with Crippen LogP contribution in [0.5, 0.6) is 0 Å². The van der Waals surface area contributed by atoms with Gasteiger partial charge in [-0.2, -0.15) is 4.73 Å². The Morgan fingerprint density at radius 1 is 0.893 bits per heavy atom. The zero-order valence-corrected chi connectivity index (χ0v) is 15.3. The van der Waals surface area contributed by atoms with Gasteiger partial charge < -0.3 is 15.3 Å². The van der Waals surface area contributed by atoms with Gasteiger partial charge in [0.05, 0.1) is 6.04 Å². The molecule has 1 amide bonds. The van der Waals surface area contributed by atoms with Gasteiger partial charge in [0.25, 0.3) is 5.91 Å². The summed E-state index contributed by atoms with van der Waals surface area (Å²) in [5.74, 6) is -1.31. The SMILES string of the molecule is C[C@H](OC(=O)c1cccc[n+]1[O-])C(=O)NC(c1ccccc1)c1ccccc1. The van der Waals surface area contributed by atoms with Gasteiger partial charge in [0.1, 0.15) is 0 Å². The minimum Gasteiger partial charge on any atom is -0.618 e. The van der Waals surface area contributed by atoms with Crippen molar-refractivity contribution < 1.29 is 19.1 Å². The van der Waals surface area contributed by atoms with E-state index in [1.165, 1.54) is 25.3 Å². The predicted molar refractivity (Wildman–Crippen MR) is 103 cm³/mol. The van der Waals surface area contributed by atoms with Gasteiger partial charge in [-0.05, 0) is 24.1 Å². The molecule has 0 unspecified atom stereocenters. The normalized spacial score (nSPS) is 11.6. The first-order valence-corrected chi connectivity index (χ1v) is 8.85. The van der Waals surface area contributed by atoms with Crippen LogP contribution in [0.2, 0.25) is 0 Å². The van der Waals surface area contributed by atoms with E-state index < -0.39 is 24.0 Å². The summed E-state index contributed by atoms with van der Waals surface area (Å²) >= 11 is 0. The van der Waals surface area contributed by atoms with Crippen LogP contribution in [-0.4, -0.2) is 18.0 Å². The molecular weight excluding hydrogens is 356 g/mol. The van der Waals surface area contributed by atoms with E-state index in [4.69, 9.17) is 4.74 Å². The number of hydrogen-bond donors (Lipinski definition) is 1. The first kappa shape index (κ1) is 19.1. The second kappa shape index (κ2) is 8.81. The number of benzene rings is 2. The number of esters is 1. The van der Waals surface area contributed by atoms with Crippen molar-refractivity contribution in [1.29, 1.82) is 0 Å². The lowest BCUT2D eigenvalue weighted by atomic mass is 9.98. The number of rotatable bonds is 6. The molecule has 3 rings (SSSR count). The molecule has 0 saturated heterocycles. The zero-order valence-electron chi connectivity index (χ0n) is 15.3. The summed E-state index contributed by atoms with van der Waals surface area (Å²) in [6, 6.07) is 23.0. The Labute approximate surface area is 163 Å². The third kappa shape index (κ3) is 4.54. The molecule has 3 aromatic rings. The van der Waals surface area contributed by atoms with Gasteiger partial charge in [0, 0.05) is 12.1 Å². The maximum atomic E-state index is 12.7. The standard InChI is InChI=1S/C22H20N2O4/c1-16(28-22(26)19-14-8-9-15-24(19)27)21(25)23-20(17-10-4-2-5-11-17)18-12-6-3-7-13-18/h2-16,20H,1H3,(H,23,25)/t16-/m0/s1. The van der Waals surface area contributed by atoms with Gasteiger partial charge >= 0.3 is 11.7 Å². The maximum Gasteiger partial charge on any atom is 0.405 e. The number of carbonyl (C=O) groups excluding carboxylic acids is 2. The highest BCUT2D eigenvalue weighted by atomic mass is 16.6. The molecule has 1 aromatic heterocycles. The molecule has 0 aliphatic rings. The van der Waals surface area contributed by atoms with Gasteiger partial charge in [0.15, 0.2) is 12.3 Å². The number of ether oxygens (including phenoxy) is 1. The molecule has 0 spiro atoms. The summed E-state index contributed by atoms with van der Waals surface area (Å²) < 4.78 is 5.59. The first-order chi connectivity index (χ1) is 13.6. The second-order valence-corrected chi connectivity index (χ2v) is 6.22. The van der Waals surface area contributed by atoms with E-state index in [9.17, 15) is 14.8 Å². The Bertz CT molecular complexity index is 906. The predicted octanol–water partition coefficient (Wildman–Crippen LogP) is 2.77. The minimum atomic E-state index is -1.07. The van der Waals surface area contributed by atoms with E-state index in [2.05, 4.69) is 5.32 Å². The Hall–Kier alpha value is -3.67. The highest BCUT2D eigenvalue weighted by Crippen LogP contribution is 2.22. The number of carbonyl (C=O) groups is 2. The fourth-order valence-corrected chi connectivity index (χ4v) is 2.77. The molecule has 0 saturated carbocycles. The Balaban J connectivity index is 1.75. The van der Waals surface area contributed by atoms with Gasteiger partial charge in [-0.25, -0.2) is 4.79 Å². The van der Waals surface area contributed by atoms with Crippen molar-refractivity contribution in [3.05, 3.63) is 107 Å². The topological polar surface area (TPSA) is 82.3 Å². The van der Waals surface area contributed by atoms with Crippen molar-refractivity contribution >= 4 is 11.9 Å². The van der Waals surface area contributed by atoms with E-state index in [1.54, 1.807) is 6.07 Å². The number of aromatic nitrogens is 1. The second-order valence-electron chi connectivity index (χ2n) is 6.22. The van der Waals surface area contributed by atoms with Crippen LogP contribution in [-0.2, 0) is 9.53 Å². The van der Waals surface area contributed by atoms with Crippen molar-refractivity contribution in [3.8, 4) is 0 Å². The molecule has 6 nitrogen and oxygen atoms in total. The molecule has 1 N–H and O–H groups in total. The average molecular weight is 376 g/mol. The summed E-state index contributed by atoms with van der Waals surface area (Å²) in [7, 11) is 0. The molecule has 2 aromatic carbocycles. The Kier molecular flexibility index (Phi) is 6.01. The fraction of sp³-hybridized carbons (Fsp3) is 0.136. The molecule has 0 aliphatic carbocycles. The smallest absolute Gasteiger partial charge is 0.405 e. The molecule has 142 valence electrons. The lowest BCUT2D eigenvalue weighted by Gasteiger charge is -2.22. The lowest BCUT2D eigenvalue weighted by molar-refractivity contribution is -0.608. The monoisotopic (exact) mass is 376 g/mol. The van der Waals surface area contributed by atoms with Crippen molar-refractivity contribution in [2.24, 2.45) is 0 Å². The summed E-state index contributed by atoms with van der Waals surface area (Å²) in [6.07, 6.45) is 0.130. The molecule has 28 heavy (non-hydrogen) atoms. The molecule has 0 fully saturated rings. The van der Waals surface area contributed by atoms with Gasteiger partial charge in [-0.1, -0.05) is 60.7 Å². The van der Waals surface area contributed by atoms with Crippen LogP contribution in [0, 0.1) is 5.21 Å². The number of pyridine rings is 1. The molecule has 1 atom stereocenters. The van der Waals surface area contributed by atoms with Crippen LogP contribution in [0.25, 0.3) is 0 Å². The van der Waals surface area contributed by atoms with Crippen LogP contribution < -0.4 is 10.0 Å². The third-order valence-corrected chi connectivity index (χ3v) is 4.24. The van der Waals surface area contributed by atoms with Crippen molar-refractivity contribution in [3.63, 3.8) is 0 Å². The van der Waals surface area contributed by atoms with E-state index in [-0.39, 0.29) is 5.69 Å². The van der Waals surface area contributed by atoms with Crippen LogP contribution in [0.4, 0.5) is 0 Å². The molecule has 1 heterocycles. The molecule has 6 heteroatoms. The van der Waals surface area contributed by atoms with E-state index in [0.29, 0.717) is 4.73 Å². The quantitative estimate of drug-likeness (QED) is 0.407. The Morgan fingerprint density at radius 2 is 1.43 bits per heavy atom. The highest BCUT2D eigenvalue weighted by Gasteiger charge is 2.26. The van der Waals surface area contributed by atoms with Crippen LogP contribution in [0.15, 0.2) is 85.1 Å². The Morgan fingerprint density at radius 3 is 1.96 bits per heavy atom. The summed E-state index contributed by atoms with van der Waals surface area (Å²) in [6.45, 7) is 1.47. The van der Waals surface area contributed by atoms with Crippen LogP contribution in [0.1, 0.15) is 34.6 Å². The molecule has 0 aliphatic heterocycles. The van der Waals surface area contributed by atoms with Crippen molar-refractivity contribution in [2.75, 3.05) is 0 Å². The largest absolute Gasteiger partial charge is 0.618 e.